The molecule has 4 heteroatoms. The molecule has 0 aromatic rings. The van der Waals surface area contributed by atoms with E-state index in [1.54, 1.807) is 0 Å². The lowest BCUT2D eigenvalue weighted by Gasteiger charge is -2.25. The Morgan fingerprint density at radius 2 is 2.21 bits per heavy atom. The number of piperidine rings is 1. The van der Waals surface area contributed by atoms with Gasteiger partial charge in [0.05, 0.1) is 6.04 Å². The van der Waals surface area contributed by atoms with Crippen molar-refractivity contribution in [2.75, 3.05) is 33.2 Å². The van der Waals surface area contributed by atoms with Crippen LogP contribution in [0.5, 0.6) is 0 Å². The number of likely N-dealkylation sites (N-methyl/N-ethyl adjacent to an activating group) is 1. The molecule has 0 aliphatic carbocycles. The van der Waals surface area contributed by atoms with Gasteiger partial charge in [-0.05, 0) is 50.6 Å². The van der Waals surface area contributed by atoms with E-state index in [0.29, 0.717) is 12.0 Å². The summed E-state index contributed by atoms with van der Waals surface area (Å²) < 4.78 is 0. The minimum absolute atomic E-state index is 0.231. The smallest absolute Gasteiger partial charge is 0.320 e. The summed E-state index contributed by atoms with van der Waals surface area (Å²) in [5.74, 6) is 1.42. The summed E-state index contributed by atoms with van der Waals surface area (Å²) in [6, 6.07) is 0.645. The molecule has 4 nitrogen and oxygen atoms in total. The molecule has 2 unspecified atom stereocenters. The number of nitrogens with zero attached hydrogens (tertiary/aromatic N) is 2. The number of carbonyl (C=O) groups excluding carboxylic acids is 1. The predicted octanol–water partition coefficient (Wildman–Crippen LogP) is 2.16. The summed E-state index contributed by atoms with van der Waals surface area (Å²) in [7, 11) is 1.96. The quantitative estimate of drug-likeness (QED) is 0.828. The van der Waals surface area contributed by atoms with Gasteiger partial charge in [-0.15, -0.1) is 0 Å². The molecule has 110 valence electrons. The molecule has 2 atom stereocenters. The highest BCUT2D eigenvalue weighted by Crippen LogP contribution is 2.22. The summed E-state index contributed by atoms with van der Waals surface area (Å²) >= 11 is 0. The van der Waals surface area contributed by atoms with Crippen molar-refractivity contribution >= 4 is 6.03 Å². The Bertz CT molecular complexity index is 300. The van der Waals surface area contributed by atoms with E-state index in [2.05, 4.69) is 24.1 Å². The summed E-state index contributed by atoms with van der Waals surface area (Å²) in [6.45, 7) is 8.62. The van der Waals surface area contributed by atoms with Crippen molar-refractivity contribution in [1.82, 2.24) is 15.1 Å². The maximum absolute atomic E-state index is 12.2. The van der Waals surface area contributed by atoms with Crippen LogP contribution in [0, 0.1) is 11.8 Å². The number of nitrogens with one attached hydrogen (secondary N) is 1. The van der Waals surface area contributed by atoms with Crippen LogP contribution < -0.4 is 5.32 Å². The van der Waals surface area contributed by atoms with E-state index in [0.717, 1.165) is 38.4 Å². The van der Waals surface area contributed by atoms with Crippen molar-refractivity contribution in [2.45, 2.75) is 45.6 Å². The van der Waals surface area contributed by atoms with Crippen LogP contribution in [0.2, 0.25) is 0 Å². The summed E-state index contributed by atoms with van der Waals surface area (Å²) in [5.41, 5.74) is 0. The molecule has 2 fully saturated rings. The van der Waals surface area contributed by atoms with Crippen molar-refractivity contribution < 1.29 is 4.79 Å². The van der Waals surface area contributed by atoms with Crippen LogP contribution in [0.3, 0.4) is 0 Å². The number of rotatable bonds is 5. The number of carbonyl (C=O) groups is 1. The molecule has 2 aliphatic rings. The Kier molecular flexibility index (Phi) is 5.08. The van der Waals surface area contributed by atoms with Crippen molar-refractivity contribution in [3.8, 4) is 0 Å². The number of hydrogen-bond donors (Lipinski definition) is 1. The number of hydrogen-bond acceptors (Lipinski definition) is 2. The number of urea groups is 1. The third-order valence-electron chi connectivity index (χ3n) is 4.50. The van der Waals surface area contributed by atoms with Gasteiger partial charge >= 0.3 is 6.03 Å². The van der Waals surface area contributed by atoms with Crippen molar-refractivity contribution in [1.29, 1.82) is 0 Å². The highest BCUT2D eigenvalue weighted by Gasteiger charge is 2.34. The molecule has 2 rings (SSSR count). The van der Waals surface area contributed by atoms with E-state index >= 15 is 0 Å². The maximum Gasteiger partial charge on any atom is 0.320 e. The molecule has 0 radical (unpaired) electrons. The van der Waals surface area contributed by atoms with E-state index in [-0.39, 0.29) is 6.03 Å². The van der Waals surface area contributed by atoms with E-state index in [9.17, 15) is 4.79 Å². The fraction of sp³-hybridized carbons (Fsp3) is 0.933. The molecule has 2 saturated heterocycles. The fourth-order valence-corrected chi connectivity index (χ4v) is 3.31. The van der Waals surface area contributed by atoms with E-state index in [4.69, 9.17) is 0 Å². The molecule has 1 N–H and O–H groups in total. The first-order valence-electron chi connectivity index (χ1n) is 7.80. The maximum atomic E-state index is 12.2. The zero-order chi connectivity index (χ0) is 13.8. The monoisotopic (exact) mass is 267 g/mol. The molecule has 2 heterocycles. The van der Waals surface area contributed by atoms with Gasteiger partial charge in [0.25, 0.3) is 0 Å². The highest BCUT2D eigenvalue weighted by molar-refractivity contribution is 5.76. The van der Waals surface area contributed by atoms with Crippen LogP contribution in [-0.4, -0.2) is 55.1 Å². The standard InChI is InChI=1S/C15H29N3O/c1-12(2)9-14-11-18(15(19)17(14)3)8-6-13-5-4-7-16-10-13/h12-14,16H,4-11H2,1-3H3. The molecule has 0 bridgehead atoms. The molecule has 0 aromatic heterocycles. The lowest BCUT2D eigenvalue weighted by molar-refractivity contribution is 0.190. The third-order valence-corrected chi connectivity index (χ3v) is 4.50. The summed E-state index contributed by atoms with van der Waals surface area (Å²) in [4.78, 5) is 16.2. The van der Waals surface area contributed by atoms with Gasteiger partial charge in [0.15, 0.2) is 0 Å². The third kappa shape index (κ3) is 3.85. The van der Waals surface area contributed by atoms with Crippen LogP contribution in [0.4, 0.5) is 4.79 Å². The summed E-state index contributed by atoms with van der Waals surface area (Å²) in [6.07, 6.45) is 4.87. The van der Waals surface area contributed by atoms with Crippen molar-refractivity contribution in [2.24, 2.45) is 11.8 Å². The SMILES string of the molecule is CC(C)CC1CN(CCC2CCCNC2)C(=O)N1C. The van der Waals surface area contributed by atoms with Gasteiger partial charge in [-0.1, -0.05) is 13.8 Å². The molecule has 2 aliphatic heterocycles. The minimum Gasteiger partial charge on any atom is -0.323 e. The van der Waals surface area contributed by atoms with Gasteiger partial charge in [0, 0.05) is 20.1 Å². The molecular formula is C15H29N3O. The van der Waals surface area contributed by atoms with Crippen molar-refractivity contribution in [3.05, 3.63) is 0 Å². The Balaban J connectivity index is 1.78. The van der Waals surface area contributed by atoms with Gasteiger partial charge in [0.1, 0.15) is 0 Å². The normalized spacial score (nSPS) is 28.5. The van der Waals surface area contributed by atoms with Crippen LogP contribution in [-0.2, 0) is 0 Å². The topological polar surface area (TPSA) is 35.6 Å². The van der Waals surface area contributed by atoms with Gasteiger partial charge in [-0.25, -0.2) is 4.79 Å². The second-order valence-corrected chi connectivity index (χ2v) is 6.62. The first-order chi connectivity index (χ1) is 9.08. The first-order valence-corrected chi connectivity index (χ1v) is 7.80. The van der Waals surface area contributed by atoms with Crippen LogP contribution >= 0.6 is 0 Å². The highest BCUT2D eigenvalue weighted by atomic mass is 16.2. The molecule has 2 amide bonds. The Hall–Kier alpha value is -0.770. The van der Waals surface area contributed by atoms with Gasteiger partial charge in [0.2, 0.25) is 0 Å². The van der Waals surface area contributed by atoms with Crippen LogP contribution in [0.25, 0.3) is 0 Å². The zero-order valence-corrected chi connectivity index (χ0v) is 12.7. The second kappa shape index (κ2) is 6.60. The Morgan fingerprint density at radius 1 is 1.42 bits per heavy atom. The molecular weight excluding hydrogens is 238 g/mol. The zero-order valence-electron chi connectivity index (χ0n) is 12.7. The van der Waals surface area contributed by atoms with Gasteiger partial charge < -0.3 is 15.1 Å². The Labute approximate surface area is 117 Å². The lowest BCUT2D eigenvalue weighted by Crippen LogP contribution is -2.35. The summed E-state index contributed by atoms with van der Waals surface area (Å²) in [5, 5.41) is 3.45. The molecule has 19 heavy (non-hydrogen) atoms. The van der Waals surface area contributed by atoms with Crippen LogP contribution in [0.15, 0.2) is 0 Å². The molecule has 0 aromatic carbocycles. The minimum atomic E-state index is 0.231. The predicted molar refractivity (Wildman–Crippen MR) is 78.2 cm³/mol. The lowest BCUT2D eigenvalue weighted by atomic mass is 9.96. The van der Waals surface area contributed by atoms with Crippen LogP contribution in [0.1, 0.15) is 39.5 Å². The second-order valence-electron chi connectivity index (χ2n) is 6.62. The largest absolute Gasteiger partial charge is 0.323 e. The average Bonchev–Trinajstić information content (AvgIpc) is 2.65. The average molecular weight is 267 g/mol. The van der Waals surface area contributed by atoms with E-state index in [1.165, 1.54) is 19.4 Å². The number of amides is 2. The van der Waals surface area contributed by atoms with Gasteiger partial charge in [-0.2, -0.15) is 0 Å². The molecule has 0 saturated carbocycles. The van der Waals surface area contributed by atoms with E-state index < -0.39 is 0 Å². The molecule has 0 spiro atoms. The first kappa shape index (κ1) is 14.6. The van der Waals surface area contributed by atoms with Crippen molar-refractivity contribution in [3.63, 3.8) is 0 Å². The Morgan fingerprint density at radius 3 is 2.84 bits per heavy atom. The van der Waals surface area contributed by atoms with E-state index in [1.807, 2.05) is 11.9 Å². The fourth-order valence-electron chi connectivity index (χ4n) is 3.31. The van der Waals surface area contributed by atoms with Gasteiger partial charge in [-0.3, -0.25) is 0 Å².